The fourth-order valence-corrected chi connectivity index (χ4v) is 7.66. The predicted octanol–water partition coefficient (Wildman–Crippen LogP) is 1.08. The first kappa shape index (κ1) is 27.9. The minimum absolute atomic E-state index is 0.0828. The number of rotatable bonds is 3. The van der Waals surface area contributed by atoms with E-state index in [1.165, 1.54) is 26.0 Å². The van der Waals surface area contributed by atoms with Crippen LogP contribution in [0.25, 0.3) is 0 Å². The third kappa shape index (κ3) is 3.62. The summed E-state index contributed by atoms with van der Waals surface area (Å²) >= 11 is 0. The zero-order chi connectivity index (χ0) is 28.7. The second-order valence-electron chi connectivity index (χ2n) is 12.2. The molecular formula is C29H36O10. The van der Waals surface area contributed by atoms with Gasteiger partial charge in [0.15, 0.2) is 11.4 Å². The summed E-state index contributed by atoms with van der Waals surface area (Å²) < 4.78 is 17.7. The number of benzene rings is 1. The minimum Gasteiger partial charge on any atom is -0.455 e. The van der Waals surface area contributed by atoms with Gasteiger partial charge in [0.25, 0.3) is 0 Å². The van der Waals surface area contributed by atoms with Crippen LogP contribution in [0.15, 0.2) is 41.5 Å². The summed E-state index contributed by atoms with van der Waals surface area (Å²) in [5, 5.41) is 46.7. The van der Waals surface area contributed by atoms with Crippen LogP contribution in [0.4, 0.5) is 0 Å². The normalized spacial score (nSPS) is 42.7. The average molecular weight is 545 g/mol. The molecule has 1 aromatic rings. The molecule has 2 bridgehead atoms. The van der Waals surface area contributed by atoms with E-state index in [0.717, 1.165) is 0 Å². The SMILES string of the molecule is CC(=O)O[C@@]12CO[C@@H]1C[C@H](O)[C@@]1(C)C(=O)[C@H](O)C3=C(C)[C@H](O)C[C@@](O)([C@@H](OC(=O)c4ccccc4)[C@H]21)C3(C)C. The molecule has 0 aromatic heterocycles. The molecule has 4 N–H and O–H groups in total. The number of esters is 2. The van der Waals surface area contributed by atoms with Crippen molar-refractivity contribution in [3.63, 3.8) is 0 Å². The molecule has 1 aliphatic heterocycles. The summed E-state index contributed by atoms with van der Waals surface area (Å²) in [5.74, 6) is -3.60. The second-order valence-corrected chi connectivity index (χ2v) is 12.2. The van der Waals surface area contributed by atoms with Crippen molar-refractivity contribution in [1.82, 2.24) is 0 Å². The van der Waals surface area contributed by atoms with E-state index in [-0.39, 0.29) is 30.6 Å². The van der Waals surface area contributed by atoms with E-state index in [2.05, 4.69) is 0 Å². The molecule has 10 nitrogen and oxygen atoms in total. The maximum Gasteiger partial charge on any atom is 0.338 e. The highest BCUT2D eigenvalue weighted by atomic mass is 16.6. The molecule has 0 radical (unpaired) electrons. The maximum absolute atomic E-state index is 14.3. The standard InChI is InChI=1S/C29H36O10/c1-14-17(31)12-29(36)24(38-25(35)16-9-7-6-8-10-16)22-27(5,23(34)21(33)20(14)26(29,3)4)18(32)11-19-28(22,13-37-19)39-15(2)30/h6-10,17-19,21-22,24,31-33,36H,11-13H2,1-5H3/t17-,18+,19-,21-,22+,24+,27-,28+,29-/m1/s1. The summed E-state index contributed by atoms with van der Waals surface area (Å²) in [4.78, 5) is 40.3. The summed E-state index contributed by atoms with van der Waals surface area (Å²) in [6, 6.07) is 8.08. The Balaban J connectivity index is 1.81. The number of Topliss-reactive ketones (excluding diaryl/α,β-unsaturated/α-hetero) is 1. The Labute approximate surface area is 226 Å². The highest BCUT2D eigenvalue weighted by molar-refractivity contribution is 5.94. The summed E-state index contributed by atoms with van der Waals surface area (Å²) in [7, 11) is 0. The molecule has 1 saturated heterocycles. The van der Waals surface area contributed by atoms with Crippen molar-refractivity contribution in [2.45, 2.75) is 89.2 Å². The third-order valence-electron chi connectivity index (χ3n) is 9.95. The van der Waals surface area contributed by atoms with E-state index in [1.807, 2.05) is 0 Å². The van der Waals surface area contributed by atoms with Crippen molar-refractivity contribution in [2.24, 2.45) is 16.7 Å². The summed E-state index contributed by atoms with van der Waals surface area (Å²) in [6.45, 7) is 7.29. The highest BCUT2D eigenvalue weighted by Crippen LogP contribution is 2.63. The van der Waals surface area contributed by atoms with Crippen molar-refractivity contribution in [3.8, 4) is 0 Å². The zero-order valence-electron chi connectivity index (χ0n) is 22.7. The van der Waals surface area contributed by atoms with Crippen molar-refractivity contribution < 1.29 is 49.0 Å². The molecule has 39 heavy (non-hydrogen) atoms. The van der Waals surface area contributed by atoms with Crippen LogP contribution in [0.1, 0.15) is 57.8 Å². The first-order valence-corrected chi connectivity index (χ1v) is 13.2. The van der Waals surface area contributed by atoms with E-state index in [4.69, 9.17) is 14.2 Å². The Kier molecular flexibility index (Phi) is 6.40. The van der Waals surface area contributed by atoms with E-state index in [0.29, 0.717) is 5.57 Å². The van der Waals surface area contributed by atoms with E-state index in [9.17, 15) is 34.8 Å². The number of carbonyl (C=O) groups is 3. The Morgan fingerprint density at radius 1 is 1.08 bits per heavy atom. The van der Waals surface area contributed by atoms with Crippen LogP contribution in [0.3, 0.4) is 0 Å². The third-order valence-corrected chi connectivity index (χ3v) is 9.95. The predicted molar refractivity (Wildman–Crippen MR) is 135 cm³/mol. The average Bonchev–Trinajstić information content (AvgIpc) is 2.87. The molecule has 1 heterocycles. The largest absolute Gasteiger partial charge is 0.455 e. The summed E-state index contributed by atoms with van der Waals surface area (Å²) in [5.41, 5.74) is -6.24. The van der Waals surface area contributed by atoms with Crippen molar-refractivity contribution >= 4 is 17.7 Å². The van der Waals surface area contributed by atoms with Gasteiger partial charge < -0.3 is 34.6 Å². The van der Waals surface area contributed by atoms with Gasteiger partial charge in [0.2, 0.25) is 0 Å². The van der Waals surface area contributed by atoms with Gasteiger partial charge >= 0.3 is 11.9 Å². The number of ether oxygens (including phenoxy) is 3. The zero-order valence-corrected chi connectivity index (χ0v) is 22.7. The number of hydrogen-bond acceptors (Lipinski definition) is 10. The first-order valence-electron chi connectivity index (χ1n) is 13.2. The molecule has 9 atom stereocenters. The van der Waals surface area contributed by atoms with Gasteiger partial charge in [0.05, 0.1) is 35.7 Å². The van der Waals surface area contributed by atoms with Gasteiger partial charge in [-0.05, 0) is 37.1 Å². The van der Waals surface area contributed by atoms with Gasteiger partial charge in [-0.3, -0.25) is 9.59 Å². The van der Waals surface area contributed by atoms with Crippen LogP contribution >= 0.6 is 0 Å². The number of ketones is 1. The molecule has 5 rings (SSSR count). The van der Waals surface area contributed by atoms with Gasteiger partial charge in [0.1, 0.15) is 23.9 Å². The summed E-state index contributed by atoms with van der Waals surface area (Å²) in [6.07, 6.45) is -7.26. The molecule has 0 amide bonds. The fourth-order valence-electron chi connectivity index (χ4n) is 7.66. The van der Waals surface area contributed by atoms with Gasteiger partial charge in [-0.25, -0.2) is 4.79 Å². The fraction of sp³-hybridized carbons (Fsp3) is 0.621. The molecule has 0 unspecified atom stereocenters. The van der Waals surface area contributed by atoms with Crippen molar-refractivity contribution in [1.29, 1.82) is 0 Å². The molecule has 1 aromatic carbocycles. The number of fused-ring (bicyclic) bond motifs is 5. The first-order chi connectivity index (χ1) is 18.1. The van der Waals surface area contributed by atoms with Crippen LogP contribution < -0.4 is 0 Å². The molecule has 0 spiro atoms. The van der Waals surface area contributed by atoms with Crippen molar-refractivity contribution in [2.75, 3.05) is 6.61 Å². The van der Waals surface area contributed by atoms with Crippen LogP contribution in [0.5, 0.6) is 0 Å². The lowest BCUT2D eigenvalue weighted by Gasteiger charge is -2.67. The van der Waals surface area contributed by atoms with Crippen LogP contribution in [-0.4, -0.2) is 86.5 Å². The van der Waals surface area contributed by atoms with Gasteiger partial charge in [-0.15, -0.1) is 0 Å². The molecule has 212 valence electrons. The molecule has 4 aliphatic rings. The molecule has 2 saturated carbocycles. The quantitative estimate of drug-likeness (QED) is 0.320. The van der Waals surface area contributed by atoms with E-state index in [1.54, 1.807) is 39.0 Å². The molecule has 3 fully saturated rings. The Bertz CT molecular complexity index is 1240. The van der Waals surface area contributed by atoms with Gasteiger partial charge in [-0.2, -0.15) is 0 Å². The number of hydrogen-bond donors (Lipinski definition) is 4. The van der Waals surface area contributed by atoms with Crippen LogP contribution in [0.2, 0.25) is 0 Å². The maximum atomic E-state index is 14.3. The van der Waals surface area contributed by atoms with Crippen LogP contribution in [-0.2, 0) is 23.8 Å². The van der Waals surface area contributed by atoms with Crippen molar-refractivity contribution in [3.05, 3.63) is 47.0 Å². The topological polar surface area (TPSA) is 160 Å². The number of carbonyl (C=O) groups excluding carboxylic acids is 3. The number of aliphatic hydroxyl groups excluding tert-OH is 3. The smallest absolute Gasteiger partial charge is 0.338 e. The molecular weight excluding hydrogens is 508 g/mol. The Hall–Kier alpha value is -2.63. The highest BCUT2D eigenvalue weighted by Gasteiger charge is 2.77. The van der Waals surface area contributed by atoms with Gasteiger partial charge in [-0.1, -0.05) is 32.0 Å². The lowest BCUT2D eigenvalue weighted by atomic mass is 9.44. The Morgan fingerprint density at radius 3 is 2.28 bits per heavy atom. The van der Waals surface area contributed by atoms with E-state index >= 15 is 0 Å². The van der Waals surface area contributed by atoms with E-state index < -0.39 is 76.2 Å². The second kappa shape index (κ2) is 8.94. The number of aliphatic hydroxyl groups is 4. The van der Waals surface area contributed by atoms with Gasteiger partial charge in [0, 0.05) is 25.2 Å². The lowest BCUT2D eigenvalue weighted by Crippen LogP contribution is -2.81. The molecule has 3 aliphatic carbocycles. The lowest BCUT2D eigenvalue weighted by molar-refractivity contribution is -0.345. The monoisotopic (exact) mass is 544 g/mol. The van der Waals surface area contributed by atoms with Crippen LogP contribution in [0, 0.1) is 16.7 Å². The minimum atomic E-state index is -2.07. The molecule has 10 heteroatoms. The Morgan fingerprint density at radius 2 is 1.72 bits per heavy atom.